The smallest absolute Gasteiger partial charge is 0.306 e. The van der Waals surface area contributed by atoms with Crippen LogP contribution >= 0.6 is 0 Å². The van der Waals surface area contributed by atoms with Crippen LogP contribution in [-0.2, 0) is 28.6 Å². The fraction of sp³-hybridized carbons (Fsp3) is 0.803. The summed E-state index contributed by atoms with van der Waals surface area (Å²) in [5, 5.41) is 0. The van der Waals surface area contributed by atoms with Gasteiger partial charge in [-0.3, -0.25) is 14.4 Å². The molecule has 0 aliphatic carbocycles. The van der Waals surface area contributed by atoms with Crippen LogP contribution in [0.25, 0.3) is 0 Å². The lowest BCUT2D eigenvalue weighted by Gasteiger charge is -2.18. The second kappa shape index (κ2) is 70.3. The maximum atomic E-state index is 13.0. The maximum absolute atomic E-state index is 13.0. The fourth-order valence-electron chi connectivity index (χ4n) is 10.6. The van der Waals surface area contributed by atoms with Gasteiger partial charge in [0.1, 0.15) is 13.2 Å². The quantitative estimate of drug-likeness (QED) is 0.0261. The van der Waals surface area contributed by atoms with E-state index in [1.165, 1.54) is 238 Å². The molecule has 0 amide bonds. The minimum absolute atomic E-state index is 0.0754. The SMILES string of the molecule is CC/C=C\C/C=C\C/C=C\C/C=C\C/C=C\CCCCCCCCCCCC(=O)OCC(COC(=O)CCCCCCCCC/C=C\CCCCCCCC)OC(=O)CCCCCCCCCCCCCCCCCCCCCCCC. The Kier molecular flexibility index (Phi) is 67.6. The minimum Gasteiger partial charge on any atom is -0.462 e. The molecule has 0 saturated heterocycles. The van der Waals surface area contributed by atoms with Gasteiger partial charge in [-0.25, -0.2) is 0 Å². The molecule has 82 heavy (non-hydrogen) atoms. The van der Waals surface area contributed by atoms with Crippen LogP contribution < -0.4 is 0 Å². The Morgan fingerprint density at radius 1 is 0.256 bits per heavy atom. The number of rotatable bonds is 66. The number of unbranched alkanes of at least 4 members (excludes halogenated alkanes) is 43. The maximum Gasteiger partial charge on any atom is 0.306 e. The third-order valence-electron chi connectivity index (χ3n) is 15.9. The van der Waals surface area contributed by atoms with Gasteiger partial charge in [-0.1, -0.05) is 338 Å². The highest BCUT2D eigenvalue weighted by molar-refractivity contribution is 5.71. The van der Waals surface area contributed by atoms with Crippen molar-refractivity contribution in [3.8, 4) is 0 Å². The summed E-state index contributed by atoms with van der Waals surface area (Å²) >= 11 is 0. The molecule has 0 radical (unpaired) electrons. The number of hydrogen-bond acceptors (Lipinski definition) is 6. The normalized spacial score (nSPS) is 12.5. The van der Waals surface area contributed by atoms with Crippen LogP contribution in [0.5, 0.6) is 0 Å². The monoisotopic (exact) mass is 1150 g/mol. The number of esters is 3. The van der Waals surface area contributed by atoms with Crippen molar-refractivity contribution in [1.29, 1.82) is 0 Å². The predicted octanol–water partition coefficient (Wildman–Crippen LogP) is 24.8. The Morgan fingerprint density at radius 3 is 0.756 bits per heavy atom. The first kappa shape index (κ1) is 78.8. The molecule has 0 aliphatic heterocycles. The summed E-state index contributed by atoms with van der Waals surface area (Å²) in [4.78, 5) is 38.5. The molecule has 0 spiro atoms. The van der Waals surface area contributed by atoms with Crippen molar-refractivity contribution in [2.45, 2.75) is 380 Å². The molecule has 0 aromatic heterocycles. The lowest BCUT2D eigenvalue weighted by molar-refractivity contribution is -0.167. The van der Waals surface area contributed by atoms with Crippen molar-refractivity contribution in [2.24, 2.45) is 0 Å². The number of carbonyl (C=O) groups is 3. The molecule has 0 aromatic carbocycles. The van der Waals surface area contributed by atoms with Gasteiger partial charge >= 0.3 is 17.9 Å². The first-order valence-electron chi connectivity index (χ1n) is 35.9. The van der Waals surface area contributed by atoms with Gasteiger partial charge in [-0.15, -0.1) is 0 Å². The molecule has 0 aromatic rings. The Morgan fingerprint density at radius 2 is 0.476 bits per heavy atom. The van der Waals surface area contributed by atoms with E-state index in [-0.39, 0.29) is 31.1 Å². The highest BCUT2D eigenvalue weighted by Gasteiger charge is 2.19. The van der Waals surface area contributed by atoms with Gasteiger partial charge in [0.2, 0.25) is 0 Å². The molecule has 476 valence electrons. The topological polar surface area (TPSA) is 78.9 Å². The number of carbonyl (C=O) groups excluding carboxylic acids is 3. The minimum atomic E-state index is -0.780. The molecule has 0 rings (SSSR count). The Balaban J connectivity index is 4.34. The van der Waals surface area contributed by atoms with Gasteiger partial charge in [0.15, 0.2) is 6.10 Å². The van der Waals surface area contributed by atoms with Crippen molar-refractivity contribution in [3.63, 3.8) is 0 Å². The van der Waals surface area contributed by atoms with Crippen LogP contribution in [0, 0.1) is 0 Å². The molecule has 0 saturated carbocycles. The number of ether oxygens (including phenoxy) is 3. The van der Waals surface area contributed by atoms with Crippen LogP contribution in [0.4, 0.5) is 0 Å². The van der Waals surface area contributed by atoms with E-state index >= 15 is 0 Å². The molecule has 0 N–H and O–H groups in total. The molecule has 0 aliphatic rings. The average molecular weight is 1150 g/mol. The summed E-state index contributed by atoms with van der Waals surface area (Å²) in [6.07, 6.45) is 92.1. The first-order chi connectivity index (χ1) is 40.5. The molecule has 6 heteroatoms. The molecule has 1 atom stereocenters. The predicted molar refractivity (Wildman–Crippen MR) is 358 cm³/mol. The summed E-state index contributed by atoms with van der Waals surface area (Å²) < 4.78 is 17.0. The van der Waals surface area contributed by atoms with E-state index in [0.29, 0.717) is 19.3 Å². The lowest BCUT2D eigenvalue weighted by Crippen LogP contribution is -2.30. The molecule has 0 heterocycles. The average Bonchev–Trinajstić information content (AvgIpc) is 3.47. The van der Waals surface area contributed by atoms with Crippen LogP contribution in [0.2, 0.25) is 0 Å². The van der Waals surface area contributed by atoms with E-state index in [1.54, 1.807) is 0 Å². The van der Waals surface area contributed by atoms with Crippen molar-refractivity contribution in [1.82, 2.24) is 0 Å². The van der Waals surface area contributed by atoms with Gasteiger partial charge in [0.25, 0.3) is 0 Å². The number of allylic oxidation sites excluding steroid dienone is 12. The van der Waals surface area contributed by atoms with Crippen molar-refractivity contribution < 1.29 is 28.6 Å². The second-order valence-corrected chi connectivity index (χ2v) is 24.1. The lowest BCUT2D eigenvalue weighted by atomic mass is 10.0. The Bertz CT molecular complexity index is 1500. The zero-order chi connectivity index (χ0) is 59.2. The second-order valence-electron chi connectivity index (χ2n) is 24.1. The zero-order valence-electron chi connectivity index (χ0n) is 54.8. The van der Waals surface area contributed by atoms with E-state index in [0.717, 1.165) is 96.3 Å². The van der Waals surface area contributed by atoms with E-state index in [1.807, 2.05) is 0 Å². The van der Waals surface area contributed by atoms with Crippen LogP contribution in [-0.4, -0.2) is 37.2 Å². The van der Waals surface area contributed by atoms with Crippen molar-refractivity contribution in [2.75, 3.05) is 13.2 Å². The van der Waals surface area contributed by atoms with E-state index in [9.17, 15) is 14.4 Å². The van der Waals surface area contributed by atoms with Crippen LogP contribution in [0.1, 0.15) is 374 Å². The first-order valence-corrected chi connectivity index (χ1v) is 35.9. The summed E-state index contributed by atoms with van der Waals surface area (Å²) in [7, 11) is 0. The standard InChI is InChI=1S/C76H136O6/c1-4-7-10-13-16-19-22-25-28-31-33-35-37-38-39-41-42-45-48-51-54-57-60-63-66-69-75(78)81-72-73(71-80-74(77)68-65-62-59-56-53-50-47-44-30-27-24-21-18-15-12-9-6-3)82-76(79)70-67-64-61-58-55-52-49-46-43-40-36-34-32-29-26-23-20-17-14-11-8-5-2/h7,10,16,19,25,27-28,30,33,35,38-39,73H,4-6,8-9,11-15,17-18,20-24,26,29,31-32,34,36-37,40-72H2,1-3H3/b10-7-,19-16-,28-25-,30-27-,35-33-,39-38-. The van der Waals surface area contributed by atoms with Crippen molar-refractivity contribution in [3.05, 3.63) is 72.9 Å². The molecule has 0 bridgehead atoms. The largest absolute Gasteiger partial charge is 0.462 e. The van der Waals surface area contributed by atoms with Crippen LogP contribution in [0.3, 0.4) is 0 Å². The summed E-state index contributed by atoms with van der Waals surface area (Å²) in [6, 6.07) is 0. The van der Waals surface area contributed by atoms with Gasteiger partial charge < -0.3 is 14.2 Å². The van der Waals surface area contributed by atoms with E-state index in [4.69, 9.17) is 14.2 Å². The van der Waals surface area contributed by atoms with Gasteiger partial charge in [-0.05, 0) is 89.9 Å². The third-order valence-corrected chi connectivity index (χ3v) is 15.9. The summed E-state index contributed by atoms with van der Waals surface area (Å²) in [6.45, 7) is 6.58. The summed E-state index contributed by atoms with van der Waals surface area (Å²) in [5.74, 6) is -0.861. The highest BCUT2D eigenvalue weighted by atomic mass is 16.6. The van der Waals surface area contributed by atoms with Gasteiger partial charge in [0.05, 0.1) is 0 Å². The Labute approximate surface area is 510 Å². The zero-order valence-corrected chi connectivity index (χ0v) is 54.8. The molecule has 1 unspecified atom stereocenters. The molecule has 6 nitrogen and oxygen atoms in total. The fourth-order valence-corrected chi connectivity index (χ4v) is 10.6. The summed E-state index contributed by atoms with van der Waals surface area (Å²) in [5.41, 5.74) is 0. The van der Waals surface area contributed by atoms with Crippen molar-refractivity contribution >= 4 is 17.9 Å². The van der Waals surface area contributed by atoms with Crippen LogP contribution in [0.15, 0.2) is 72.9 Å². The third kappa shape index (κ3) is 67.6. The molecular weight excluding hydrogens is 1010 g/mol. The number of hydrogen-bond donors (Lipinski definition) is 0. The highest BCUT2D eigenvalue weighted by Crippen LogP contribution is 2.18. The Hall–Kier alpha value is -3.15. The van der Waals surface area contributed by atoms with Gasteiger partial charge in [-0.2, -0.15) is 0 Å². The van der Waals surface area contributed by atoms with E-state index < -0.39 is 6.10 Å². The van der Waals surface area contributed by atoms with E-state index in [2.05, 4.69) is 93.7 Å². The molecule has 0 fully saturated rings. The molecular formula is C76H136O6. The van der Waals surface area contributed by atoms with Gasteiger partial charge in [0, 0.05) is 19.3 Å².